The predicted molar refractivity (Wildman–Crippen MR) is 80.4 cm³/mol. The quantitative estimate of drug-likeness (QED) is 0.943. The second-order valence-corrected chi connectivity index (χ2v) is 5.85. The molecule has 0 saturated carbocycles. The first-order valence-corrected chi connectivity index (χ1v) is 7.72. The fourth-order valence-electron chi connectivity index (χ4n) is 2.50. The molecule has 21 heavy (non-hydrogen) atoms. The van der Waals surface area contributed by atoms with E-state index in [0.717, 1.165) is 18.5 Å². The van der Waals surface area contributed by atoms with E-state index in [1.807, 2.05) is 32.6 Å². The standard InChI is InChI=1S/C14H16N4O2S/c1-10(19)15-13-3-6-18(16-13)12-2-5-17(8-12)14(20)11-4-7-21-9-11/h3-4,6-7,9,12H,2,5,8H2,1H3,(H,15,16,19). The van der Waals surface area contributed by atoms with Crippen molar-refractivity contribution in [2.75, 3.05) is 18.4 Å². The van der Waals surface area contributed by atoms with Crippen LogP contribution in [0.25, 0.3) is 0 Å². The lowest BCUT2D eigenvalue weighted by molar-refractivity contribution is -0.114. The van der Waals surface area contributed by atoms with Crippen LogP contribution in [0.4, 0.5) is 5.82 Å². The number of anilines is 1. The molecule has 1 fully saturated rings. The largest absolute Gasteiger partial charge is 0.336 e. The SMILES string of the molecule is CC(=O)Nc1ccn(C2CCN(C(=O)c3ccsc3)C2)n1. The molecule has 1 aliphatic heterocycles. The van der Waals surface area contributed by atoms with Crippen LogP contribution < -0.4 is 5.32 Å². The Balaban J connectivity index is 1.65. The lowest BCUT2D eigenvalue weighted by atomic mass is 10.3. The third kappa shape index (κ3) is 2.97. The molecule has 0 radical (unpaired) electrons. The fourth-order valence-corrected chi connectivity index (χ4v) is 3.13. The maximum Gasteiger partial charge on any atom is 0.254 e. The minimum Gasteiger partial charge on any atom is -0.336 e. The molecule has 1 unspecified atom stereocenters. The molecule has 2 amide bonds. The number of aromatic nitrogens is 2. The highest BCUT2D eigenvalue weighted by Gasteiger charge is 2.28. The Morgan fingerprint density at radius 1 is 1.43 bits per heavy atom. The van der Waals surface area contributed by atoms with Crippen molar-refractivity contribution in [2.45, 2.75) is 19.4 Å². The Kier molecular flexibility index (Phi) is 3.74. The average molecular weight is 304 g/mol. The van der Waals surface area contributed by atoms with E-state index in [1.165, 1.54) is 18.3 Å². The summed E-state index contributed by atoms with van der Waals surface area (Å²) >= 11 is 1.53. The molecule has 7 heteroatoms. The van der Waals surface area contributed by atoms with Crippen LogP contribution in [0.1, 0.15) is 29.7 Å². The maximum absolute atomic E-state index is 12.3. The van der Waals surface area contributed by atoms with Gasteiger partial charge in [-0.3, -0.25) is 14.3 Å². The second-order valence-electron chi connectivity index (χ2n) is 5.07. The van der Waals surface area contributed by atoms with Gasteiger partial charge in [-0.2, -0.15) is 16.4 Å². The number of hydrogen-bond acceptors (Lipinski definition) is 4. The summed E-state index contributed by atoms with van der Waals surface area (Å²) in [5.41, 5.74) is 0.750. The first-order chi connectivity index (χ1) is 10.1. The monoisotopic (exact) mass is 304 g/mol. The van der Waals surface area contributed by atoms with Crippen molar-refractivity contribution >= 4 is 29.0 Å². The molecular weight excluding hydrogens is 288 g/mol. The molecule has 0 spiro atoms. The molecule has 1 aliphatic rings. The van der Waals surface area contributed by atoms with Gasteiger partial charge in [0.25, 0.3) is 5.91 Å². The molecule has 110 valence electrons. The van der Waals surface area contributed by atoms with Gasteiger partial charge in [-0.05, 0) is 17.9 Å². The van der Waals surface area contributed by atoms with Gasteiger partial charge in [-0.15, -0.1) is 0 Å². The smallest absolute Gasteiger partial charge is 0.254 e. The van der Waals surface area contributed by atoms with Crippen LogP contribution in [0.2, 0.25) is 0 Å². The van der Waals surface area contributed by atoms with Gasteiger partial charge in [-0.25, -0.2) is 0 Å². The van der Waals surface area contributed by atoms with Crippen molar-refractivity contribution in [3.63, 3.8) is 0 Å². The highest BCUT2D eigenvalue weighted by molar-refractivity contribution is 7.08. The highest BCUT2D eigenvalue weighted by Crippen LogP contribution is 2.24. The van der Waals surface area contributed by atoms with E-state index in [2.05, 4.69) is 10.4 Å². The molecular formula is C14H16N4O2S. The molecule has 2 aromatic heterocycles. The van der Waals surface area contributed by atoms with E-state index in [9.17, 15) is 9.59 Å². The van der Waals surface area contributed by atoms with Crippen molar-refractivity contribution in [3.8, 4) is 0 Å². The molecule has 6 nitrogen and oxygen atoms in total. The Labute approximate surface area is 126 Å². The fraction of sp³-hybridized carbons (Fsp3) is 0.357. The second kappa shape index (κ2) is 5.69. The Morgan fingerprint density at radius 2 is 2.29 bits per heavy atom. The van der Waals surface area contributed by atoms with Crippen LogP contribution in [-0.4, -0.2) is 39.6 Å². The first kappa shape index (κ1) is 13.8. The number of nitrogens with zero attached hydrogens (tertiary/aromatic N) is 3. The Bertz CT molecular complexity index is 650. The van der Waals surface area contributed by atoms with Crippen LogP contribution in [0.3, 0.4) is 0 Å². The molecule has 0 bridgehead atoms. The zero-order chi connectivity index (χ0) is 14.8. The van der Waals surface area contributed by atoms with E-state index in [-0.39, 0.29) is 17.9 Å². The van der Waals surface area contributed by atoms with Crippen molar-refractivity contribution in [3.05, 3.63) is 34.7 Å². The van der Waals surface area contributed by atoms with E-state index >= 15 is 0 Å². The van der Waals surface area contributed by atoms with E-state index in [1.54, 1.807) is 6.07 Å². The lowest BCUT2D eigenvalue weighted by Gasteiger charge is -2.15. The number of likely N-dealkylation sites (tertiary alicyclic amines) is 1. The normalized spacial score (nSPS) is 18.0. The van der Waals surface area contributed by atoms with Gasteiger partial charge < -0.3 is 10.2 Å². The van der Waals surface area contributed by atoms with Crippen molar-refractivity contribution in [2.24, 2.45) is 0 Å². The molecule has 0 aliphatic carbocycles. The lowest BCUT2D eigenvalue weighted by Crippen LogP contribution is -2.28. The number of hydrogen-bond donors (Lipinski definition) is 1. The number of carbonyl (C=O) groups excluding carboxylic acids is 2. The first-order valence-electron chi connectivity index (χ1n) is 6.77. The molecule has 1 atom stereocenters. The highest BCUT2D eigenvalue weighted by atomic mass is 32.1. The molecule has 3 rings (SSSR count). The predicted octanol–water partition coefficient (Wildman–Crippen LogP) is 1.99. The van der Waals surface area contributed by atoms with Crippen LogP contribution in [0.15, 0.2) is 29.1 Å². The Morgan fingerprint density at radius 3 is 3.00 bits per heavy atom. The van der Waals surface area contributed by atoms with Crippen LogP contribution in [0.5, 0.6) is 0 Å². The molecule has 1 saturated heterocycles. The summed E-state index contributed by atoms with van der Waals surface area (Å²) in [6.07, 6.45) is 2.71. The minimum atomic E-state index is -0.138. The topological polar surface area (TPSA) is 67.2 Å². The van der Waals surface area contributed by atoms with E-state index < -0.39 is 0 Å². The molecule has 3 heterocycles. The summed E-state index contributed by atoms with van der Waals surface area (Å²) in [4.78, 5) is 25.1. The number of carbonyl (C=O) groups is 2. The summed E-state index contributed by atoms with van der Waals surface area (Å²) in [7, 11) is 0. The number of amides is 2. The van der Waals surface area contributed by atoms with Gasteiger partial charge in [0.15, 0.2) is 5.82 Å². The summed E-state index contributed by atoms with van der Waals surface area (Å²) in [5, 5.41) is 10.8. The minimum absolute atomic E-state index is 0.0768. The summed E-state index contributed by atoms with van der Waals surface area (Å²) in [6, 6.07) is 3.78. The Hall–Kier alpha value is -2.15. The summed E-state index contributed by atoms with van der Waals surface area (Å²) < 4.78 is 1.83. The van der Waals surface area contributed by atoms with Crippen LogP contribution in [0, 0.1) is 0 Å². The van der Waals surface area contributed by atoms with Gasteiger partial charge in [0.2, 0.25) is 5.91 Å². The molecule has 2 aromatic rings. The molecule has 1 N–H and O–H groups in total. The van der Waals surface area contributed by atoms with Gasteiger partial charge in [0.05, 0.1) is 11.6 Å². The van der Waals surface area contributed by atoms with Gasteiger partial charge in [-0.1, -0.05) is 0 Å². The number of rotatable bonds is 3. The van der Waals surface area contributed by atoms with Gasteiger partial charge in [0, 0.05) is 37.7 Å². The van der Waals surface area contributed by atoms with Crippen LogP contribution in [-0.2, 0) is 4.79 Å². The van der Waals surface area contributed by atoms with E-state index in [4.69, 9.17) is 0 Å². The number of nitrogens with one attached hydrogen (secondary N) is 1. The third-order valence-electron chi connectivity index (χ3n) is 3.51. The van der Waals surface area contributed by atoms with Crippen molar-refractivity contribution in [1.29, 1.82) is 0 Å². The van der Waals surface area contributed by atoms with Gasteiger partial charge in [0.1, 0.15) is 0 Å². The van der Waals surface area contributed by atoms with E-state index in [0.29, 0.717) is 12.4 Å². The van der Waals surface area contributed by atoms with Crippen molar-refractivity contribution in [1.82, 2.24) is 14.7 Å². The third-order valence-corrected chi connectivity index (χ3v) is 4.19. The van der Waals surface area contributed by atoms with Crippen molar-refractivity contribution < 1.29 is 9.59 Å². The summed E-state index contributed by atoms with van der Waals surface area (Å²) in [6.45, 7) is 2.83. The zero-order valence-electron chi connectivity index (χ0n) is 11.7. The molecule has 0 aromatic carbocycles. The van der Waals surface area contributed by atoms with Crippen LogP contribution >= 0.6 is 11.3 Å². The maximum atomic E-state index is 12.3. The van der Waals surface area contributed by atoms with Gasteiger partial charge >= 0.3 is 0 Å². The average Bonchev–Trinajstić information content (AvgIpc) is 3.18. The summed E-state index contributed by atoms with van der Waals surface area (Å²) in [5.74, 6) is 0.485. The number of thiophene rings is 1. The zero-order valence-corrected chi connectivity index (χ0v) is 12.5.